The molecule has 0 saturated carbocycles. The third-order valence-electron chi connectivity index (χ3n) is 6.67. The first kappa shape index (κ1) is 26.4. The Bertz CT molecular complexity index is 1150. The molecule has 2 bridgehead atoms. The van der Waals surface area contributed by atoms with Gasteiger partial charge in [-0.05, 0) is 42.0 Å². The molecule has 2 aromatic carbocycles. The molecule has 2 aliphatic rings. The van der Waals surface area contributed by atoms with E-state index in [0.29, 0.717) is 25.2 Å². The van der Waals surface area contributed by atoms with Gasteiger partial charge in [-0.15, -0.1) is 0 Å². The van der Waals surface area contributed by atoms with Gasteiger partial charge in [-0.25, -0.2) is 4.79 Å². The minimum absolute atomic E-state index is 0.0249. The van der Waals surface area contributed by atoms with Crippen molar-refractivity contribution in [2.24, 2.45) is 0 Å². The summed E-state index contributed by atoms with van der Waals surface area (Å²) in [5.74, 6) is -1.17. The zero-order chi connectivity index (χ0) is 26.2. The predicted octanol–water partition coefficient (Wildman–Crippen LogP) is 1.88. The van der Waals surface area contributed by atoms with Crippen molar-refractivity contribution in [3.63, 3.8) is 0 Å². The first-order valence-corrected chi connectivity index (χ1v) is 12.4. The normalized spacial score (nSPS) is 19.6. The van der Waals surface area contributed by atoms with Crippen molar-refractivity contribution in [3.05, 3.63) is 76.9 Å². The Kier molecular flexibility index (Phi) is 8.96. The first-order valence-electron chi connectivity index (χ1n) is 12.4. The molecule has 2 fully saturated rings. The maximum absolute atomic E-state index is 13.1. The summed E-state index contributed by atoms with van der Waals surface area (Å²) in [6.07, 6.45) is 3.27. The van der Waals surface area contributed by atoms with Crippen LogP contribution in [-0.2, 0) is 27.1 Å². The van der Waals surface area contributed by atoms with Gasteiger partial charge in [0.05, 0.1) is 37.8 Å². The molecule has 0 aliphatic carbocycles. The van der Waals surface area contributed by atoms with Crippen LogP contribution in [0.5, 0.6) is 0 Å². The molecule has 0 radical (unpaired) electrons. The van der Waals surface area contributed by atoms with Gasteiger partial charge in [0.2, 0.25) is 0 Å². The van der Waals surface area contributed by atoms with Crippen molar-refractivity contribution in [2.45, 2.75) is 43.7 Å². The number of nitrogens with one attached hydrogen (secondary N) is 1. The highest BCUT2D eigenvalue weighted by molar-refractivity contribution is 6.43. The SMILES string of the molecule is N#CC(=Cc1cccc(CCOC(=O)NC(Cc2ccccc2)B(O)O)c1)C(=O)N1C2CCC1COC2. The van der Waals surface area contributed by atoms with Crippen LogP contribution in [0.2, 0.25) is 0 Å². The van der Waals surface area contributed by atoms with Crippen LogP contribution in [0.3, 0.4) is 0 Å². The van der Waals surface area contributed by atoms with Gasteiger partial charge in [-0.2, -0.15) is 5.26 Å². The smallest absolute Gasteiger partial charge is 0.449 e. The van der Waals surface area contributed by atoms with Crippen molar-refractivity contribution in [1.29, 1.82) is 5.26 Å². The topological polar surface area (TPSA) is 132 Å². The number of benzene rings is 2. The number of carbonyl (C=O) groups excluding carboxylic acids is 2. The van der Waals surface area contributed by atoms with E-state index in [2.05, 4.69) is 5.32 Å². The van der Waals surface area contributed by atoms with Crippen LogP contribution in [0.4, 0.5) is 4.79 Å². The van der Waals surface area contributed by atoms with E-state index in [1.54, 1.807) is 11.0 Å². The summed E-state index contributed by atoms with van der Waals surface area (Å²) in [5, 5.41) is 31.4. The van der Waals surface area contributed by atoms with Crippen LogP contribution in [-0.4, -0.2) is 71.9 Å². The van der Waals surface area contributed by atoms with Gasteiger partial charge < -0.3 is 29.7 Å². The highest BCUT2D eigenvalue weighted by atomic mass is 16.5. The van der Waals surface area contributed by atoms with Crippen molar-refractivity contribution in [2.75, 3.05) is 19.8 Å². The number of ether oxygens (including phenoxy) is 2. The fraction of sp³-hybridized carbons (Fsp3) is 0.370. The minimum Gasteiger partial charge on any atom is -0.449 e. The Morgan fingerprint density at radius 2 is 1.84 bits per heavy atom. The summed E-state index contributed by atoms with van der Waals surface area (Å²) in [4.78, 5) is 27.1. The summed E-state index contributed by atoms with van der Waals surface area (Å²) in [7, 11) is -1.74. The van der Waals surface area contributed by atoms with Gasteiger partial charge in [0.15, 0.2) is 0 Å². The molecule has 2 amide bonds. The number of hydrogen-bond donors (Lipinski definition) is 3. The highest BCUT2D eigenvalue weighted by Gasteiger charge is 2.41. The molecule has 10 heteroatoms. The van der Waals surface area contributed by atoms with Crippen LogP contribution in [0.25, 0.3) is 6.08 Å². The molecule has 3 N–H and O–H groups in total. The van der Waals surface area contributed by atoms with Crippen molar-refractivity contribution >= 4 is 25.2 Å². The predicted molar refractivity (Wildman–Crippen MR) is 137 cm³/mol. The summed E-state index contributed by atoms with van der Waals surface area (Å²) in [6, 6.07) is 18.6. The monoisotopic (exact) mass is 503 g/mol. The second-order valence-corrected chi connectivity index (χ2v) is 9.29. The average Bonchev–Trinajstić information content (AvgIpc) is 3.15. The Morgan fingerprint density at radius 1 is 1.14 bits per heavy atom. The summed E-state index contributed by atoms with van der Waals surface area (Å²) < 4.78 is 10.8. The third-order valence-corrected chi connectivity index (χ3v) is 6.67. The van der Waals surface area contributed by atoms with Crippen LogP contribution >= 0.6 is 0 Å². The van der Waals surface area contributed by atoms with Gasteiger partial charge in [0.1, 0.15) is 11.6 Å². The van der Waals surface area contributed by atoms with Crippen molar-refractivity contribution in [1.82, 2.24) is 10.2 Å². The van der Waals surface area contributed by atoms with E-state index in [0.717, 1.165) is 24.0 Å². The lowest BCUT2D eigenvalue weighted by molar-refractivity contribution is -0.136. The Morgan fingerprint density at radius 3 is 2.51 bits per heavy atom. The zero-order valence-electron chi connectivity index (χ0n) is 20.5. The second-order valence-electron chi connectivity index (χ2n) is 9.29. The molecular formula is C27H30BN3O6. The Labute approximate surface area is 216 Å². The van der Waals surface area contributed by atoms with E-state index < -0.39 is 19.2 Å². The van der Waals surface area contributed by atoms with Crippen LogP contribution in [0, 0.1) is 11.3 Å². The summed E-state index contributed by atoms with van der Waals surface area (Å²) in [6.45, 7) is 1.09. The second kappa shape index (κ2) is 12.5. The van der Waals surface area contributed by atoms with Gasteiger partial charge in [-0.1, -0.05) is 54.6 Å². The molecule has 9 nitrogen and oxygen atoms in total. The third kappa shape index (κ3) is 6.98. The molecule has 2 aliphatic heterocycles. The Balaban J connectivity index is 1.31. The zero-order valence-corrected chi connectivity index (χ0v) is 20.5. The lowest BCUT2D eigenvalue weighted by Gasteiger charge is -2.34. The van der Waals surface area contributed by atoms with Gasteiger partial charge >= 0.3 is 13.2 Å². The van der Waals surface area contributed by atoms with E-state index in [1.807, 2.05) is 60.7 Å². The Hall–Kier alpha value is -3.65. The molecule has 3 atom stereocenters. The maximum Gasteiger partial charge on any atom is 0.475 e. The van der Waals surface area contributed by atoms with Crippen molar-refractivity contribution < 1.29 is 29.1 Å². The average molecular weight is 503 g/mol. The quantitative estimate of drug-likeness (QED) is 0.271. The number of alkyl carbamates (subject to hydrolysis) is 1. The number of morpholine rings is 1. The molecule has 2 saturated heterocycles. The molecule has 3 unspecified atom stereocenters. The molecular weight excluding hydrogens is 473 g/mol. The maximum atomic E-state index is 13.1. The summed E-state index contributed by atoms with van der Waals surface area (Å²) in [5.41, 5.74) is 2.50. The molecule has 4 rings (SSSR count). The number of fused-ring (bicyclic) bond motifs is 2. The molecule has 192 valence electrons. The van der Waals surface area contributed by atoms with E-state index >= 15 is 0 Å². The largest absolute Gasteiger partial charge is 0.475 e. The highest BCUT2D eigenvalue weighted by Crippen LogP contribution is 2.30. The van der Waals surface area contributed by atoms with Crippen LogP contribution < -0.4 is 5.32 Å². The number of carbonyl (C=O) groups is 2. The van der Waals surface area contributed by atoms with E-state index in [9.17, 15) is 24.9 Å². The standard InChI is InChI=1S/C27H30BN3O6/c29-16-22(26(32)31-23-9-10-24(31)18-36-17-23)14-21-8-4-7-20(13-21)11-12-37-27(33)30-25(28(34)35)15-19-5-2-1-3-6-19/h1-8,13-14,23-25,34-35H,9-12,15,17-18H2,(H,30,33). The van der Waals surface area contributed by atoms with Crippen LogP contribution in [0.1, 0.15) is 29.5 Å². The molecule has 0 spiro atoms. The number of hydrogen-bond acceptors (Lipinski definition) is 7. The minimum atomic E-state index is -1.74. The van der Waals surface area contributed by atoms with Crippen LogP contribution in [0.15, 0.2) is 60.2 Å². The lowest BCUT2D eigenvalue weighted by atomic mass is 9.76. The number of amides is 2. The van der Waals surface area contributed by atoms with Gasteiger partial charge in [0, 0.05) is 6.42 Å². The van der Waals surface area contributed by atoms with E-state index in [4.69, 9.17) is 9.47 Å². The van der Waals surface area contributed by atoms with Gasteiger partial charge in [0.25, 0.3) is 5.91 Å². The van der Waals surface area contributed by atoms with Gasteiger partial charge in [-0.3, -0.25) is 4.79 Å². The van der Waals surface area contributed by atoms with E-state index in [1.165, 1.54) is 0 Å². The fourth-order valence-corrected chi connectivity index (χ4v) is 4.80. The van der Waals surface area contributed by atoms with E-state index in [-0.39, 0.29) is 36.6 Å². The number of rotatable bonds is 9. The molecule has 2 aromatic rings. The fourth-order valence-electron chi connectivity index (χ4n) is 4.80. The summed E-state index contributed by atoms with van der Waals surface area (Å²) >= 11 is 0. The molecule has 2 heterocycles. The first-order chi connectivity index (χ1) is 17.9. The number of nitriles is 1. The molecule has 0 aromatic heterocycles. The lowest BCUT2D eigenvalue weighted by Crippen LogP contribution is -2.49. The molecule has 37 heavy (non-hydrogen) atoms. The number of nitrogens with zero attached hydrogens (tertiary/aromatic N) is 2. The van der Waals surface area contributed by atoms with Crippen molar-refractivity contribution in [3.8, 4) is 6.07 Å².